The van der Waals surface area contributed by atoms with Crippen LogP contribution < -0.4 is 10.1 Å². The molecule has 0 spiro atoms. The van der Waals surface area contributed by atoms with E-state index in [-0.39, 0.29) is 6.54 Å². The zero-order valence-electron chi connectivity index (χ0n) is 15.2. The summed E-state index contributed by atoms with van der Waals surface area (Å²) in [6.07, 6.45) is -4.84. The van der Waals surface area contributed by atoms with Crippen molar-refractivity contribution in [3.05, 3.63) is 54.1 Å². The maximum absolute atomic E-state index is 13.2. The number of likely N-dealkylation sites (N-methyl/N-ethyl adjacent to an activating group) is 1. The van der Waals surface area contributed by atoms with Crippen molar-refractivity contribution in [1.29, 1.82) is 0 Å². The number of ether oxygens (including phenoxy) is 1. The van der Waals surface area contributed by atoms with Gasteiger partial charge in [0, 0.05) is 18.3 Å². The Kier molecular flexibility index (Phi) is 6.68. The molecule has 0 saturated carbocycles. The predicted octanol–water partition coefficient (Wildman–Crippen LogP) is 3.36. The number of halogens is 3. The average molecular weight is 416 g/mol. The number of benzene rings is 2. The van der Waals surface area contributed by atoms with Gasteiger partial charge in [0.2, 0.25) is 15.9 Å². The predicted molar refractivity (Wildman–Crippen MR) is 97.5 cm³/mol. The smallest absolute Gasteiger partial charge is 0.417 e. The van der Waals surface area contributed by atoms with E-state index in [1.807, 2.05) is 0 Å². The molecule has 1 N–H and O–H groups in total. The second-order valence-electron chi connectivity index (χ2n) is 5.71. The summed E-state index contributed by atoms with van der Waals surface area (Å²) in [6, 6.07) is 10.3. The number of hydrogen-bond donors (Lipinski definition) is 1. The summed E-state index contributed by atoms with van der Waals surface area (Å²) in [5.41, 5.74) is -0.907. The van der Waals surface area contributed by atoms with Crippen molar-refractivity contribution >= 4 is 21.6 Å². The highest BCUT2D eigenvalue weighted by molar-refractivity contribution is 7.89. The molecule has 0 aliphatic heterocycles. The number of nitrogens with zero attached hydrogens (tertiary/aromatic N) is 1. The molecule has 0 atom stereocenters. The SMILES string of the molecule is CCN(CC(=O)Nc1cccc(OC)c1)S(=O)(=O)c1ccccc1C(F)(F)F. The number of carbonyl (C=O) groups is 1. The number of rotatable bonds is 7. The third kappa shape index (κ3) is 5.02. The van der Waals surface area contributed by atoms with Gasteiger partial charge in [-0.05, 0) is 24.3 Å². The Morgan fingerprint density at radius 1 is 1.14 bits per heavy atom. The lowest BCUT2D eigenvalue weighted by Gasteiger charge is -2.22. The van der Waals surface area contributed by atoms with Crippen molar-refractivity contribution in [3.63, 3.8) is 0 Å². The van der Waals surface area contributed by atoms with E-state index >= 15 is 0 Å². The number of methoxy groups -OCH3 is 1. The van der Waals surface area contributed by atoms with Crippen LogP contribution in [-0.2, 0) is 21.0 Å². The molecule has 0 aliphatic carbocycles. The van der Waals surface area contributed by atoms with Crippen LogP contribution in [0.1, 0.15) is 12.5 Å². The molecule has 2 aromatic rings. The lowest BCUT2D eigenvalue weighted by molar-refractivity contribution is -0.139. The van der Waals surface area contributed by atoms with E-state index in [9.17, 15) is 26.4 Å². The molecule has 0 aliphatic rings. The highest BCUT2D eigenvalue weighted by Gasteiger charge is 2.38. The normalized spacial score (nSPS) is 12.1. The largest absolute Gasteiger partial charge is 0.497 e. The van der Waals surface area contributed by atoms with Crippen molar-refractivity contribution in [2.24, 2.45) is 0 Å². The van der Waals surface area contributed by atoms with Crippen LogP contribution in [0.25, 0.3) is 0 Å². The Labute approximate surface area is 161 Å². The first-order chi connectivity index (χ1) is 13.1. The fraction of sp³-hybridized carbons (Fsp3) is 0.278. The number of amides is 1. The summed E-state index contributed by atoms with van der Waals surface area (Å²) < 4.78 is 70.8. The van der Waals surface area contributed by atoms with Crippen LogP contribution in [0, 0.1) is 0 Å². The minimum absolute atomic E-state index is 0.181. The molecule has 28 heavy (non-hydrogen) atoms. The summed E-state index contributed by atoms with van der Waals surface area (Å²) in [5.74, 6) is -0.208. The van der Waals surface area contributed by atoms with Gasteiger partial charge < -0.3 is 10.1 Å². The van der Waals surface area contributed by atoms with E-state index in [1.165, 1.54) is 26.2 Å². The maximum Gasteiger partial charge on any atom is 0.417 e. The highest BCUT2D eigenvalue weighted by Crippen LogP contribution is 2.35. The van der Waals surface area contributed by atoms with Crippen LogP contribution in [-0.4, -0.2) is 38.8 Å². The molecule has 10 heteroatoms. The fourth-order valence-corrected chi connectivity index (χ4v) is 4.11. The van der Waals surface area contributed by atoms with Gasteiger partial charge in [-0.3, -0.25) is 4.79 Å². The van der Waals surface area contributed by atoms with Gasteiger partial charge >= 0.3 is 6.18 Å². The number of carbonyl (C=O) groups excluding carboxylic acids is 1. The van der Waals surface area contributed by atoms with Crippen molar-refractivity contribution in [2.45, 2.75) is 18.0 Å². The zero-order chi connectivity index (χ0) is 20.9. The summed E-state index contributed by atoms with van der Waals surface area (Å²) >= 11 is 0. The first-order valence-corrected chi connectivity index (χ1v) is 9.64. The maximum atomic E-state index is 13.2. The van der Waals surface area contributed by atoms with Crippen molar-refractivity contribution in [2.75, 3.05) is 25.5 Å². The summed E-state index contributed by atoms with van der Waals surface area (Å²) in [7, 11) is -3.09. The van der Waals surface area contributed by atoms with Gasteiger partial charge in [-0.1, -0.05) is 25.1 Å². The Balaban J connectivity index is 2.26. The molecule has 0 bridgehead atoms. The quantitative estimate of drug-likeness (QED) is 0.751. The van der Waals surface area contributed by atoms with E-state index < -0.39 is 39.1 Å². The fourth-order valence-electron chi connectivity index (χ4n) is 2.49. The first kappa shape index (κ1) is 21.7. The van der Waals surface area contributed by atoms with Crippen molar-refractivity contribution in [3.8, 4) is 5.75 Å². The third-order valence-corrected chi connectivity index (χ3v) is 5.82. The summed E-state index contributed by atoms with van der Waals surface area (Å²) in [6.45, 7) is 0.620. The molecule has 6 nitrogen and oxygen atoms in total. The number of sulfonamides is 1. The topological polar surface area (TPSA) is 75.7 Å². The molecule has 0 heterocycles. The third-order valence-electron chi connectivity index (χ3n) is 3.84. The van der Waals surface area contributed by atoms with Gasteiger partial charge in [0.25, 0.3) is 0 Å². The van der Waals surface area contributed by atoms with Crippen LogP contribution in [0.4, 0.5) is 18.9 Å². The molecule has 2 rings (SSSR count). The summed E-state index contributed by atoms with van der Waals surface area (Å²) in [4.78, 5) is 11.4. The van der Waals surface area contributed by atoms with Gasteiger partial charge in [-0.15, -0.1) is 0 Å². The Morgan fingerprint density at radius 3 is 2.43 bits per heavy atom. The molecule has 0 radical (unpaired) electrons. The second kappa shape index (κ2) is 8.61. The van der Waals surface area contributed by atoms with Crippen LogP contribution in [0.15, 0.2) is 53.4 Å². The van der Waals surface area contributed by atoms with Gasteiger partial charge in [-0.2, -0.15) is 17.5 Å². The molecular formula is C18H19F3N2O4S. The van der Waals surface area contributed by atoms with Crippen molar-refractivity contribution < 1.29 is 31.1 Å². The monoisotopic (exact) mass is 416 g/mol. The van der Waals surface area contributed by atoms with Gasteiger partial charge in [0.05, 0.1) is 24.1 Å². The molecule has 0 aromatic heterocycles. The van der Waals surface area contributed by atoms with Crippen molar-refractivity contribution in [1.82, 2.24) is 4.31 Å². The van der Waals surface area contributed by atoms with Crippen LogP contribution in [0.3, 0.4) is 0 Å². The van der Waals surface area contributed by atoms with E-state index in [2.05, 4.69) is 5.32 Å². The lowest BCUT2D eigenvalue weighted by atomic mass is 10.2. The minimum Gasteiger partial charge on any atom is -0.497 e. The number of alkyl halides is 3. The Hall–Kier alpha value is -2.59. The van der Waals surface area contributed by atoms with E-state index in [0.717, 1.165) is 12.1 Å². The molecule has 152 valence electrons. The van der Waals surface area contributed by atoms with E-state index in [0.29, 0.717) is 21.8 Å². The van der Waals surface area contributed by atoms with Crippen LogP contribution in [0.2, 0.25) is 0 Å². The standard InChI is InChI=1S/C18H19F3N2O4S/c1-3-23(12-17(24)22-13-7-6-8-14(11-13)27-2)28(25,26)16-10-5-4-9-15(16)18(19,20)21/h4-11H,3,12H2,1-2H3,(H,22,24). The second-order valence-corrected chi connectivity index (χ2v) is 7.61. The van der Waals surface area contributed by atoms with Gasteiger partial charge in [0.15, 0.2) is 0 Å². The van der Waals surface area contributed by atoms with E-state index in [1.54, 1.807) is 18.2 Å². The molecule has 0 saturated heterocycles. The minimum atomic E-state index is -4.84. The molecular weight excluding hydrogens is 397 g/mol. The highest BCUT2D eigenvalue weighted by atomic mass is 32.2. The van der Waals surface area contributed by atoms with Gasteiger partial charge in [0.1, 0.15) is 5.75 Å². The number of anilines is 1. The van der Waals surface area contributed by atoms with Crippen LogP contribution >= 0.6 is 0 Å². The Morgan fingerprint density at radius 2 is 1.82 bits per heavy atom. The molecule has 2 aromatic carbocycles. The average Bonchev–Trinajstić information content (AvgIpc) is 2.65. The van der Waals surface area contributed by atoms with Crippen LogP contribution in [0.5, 0.6) is 5.75 Å². The number of nitrogens with one attached hydrogen (secondary N) is 1. The Bertz CT molecular complexity index is 946. The molecule has 1 amide bonds. The van der Waals surface area contributed by atoms with Gasteiger partial charge in [-0.25, -0.2) is 8.42 Å². The number of hydrogen-bond acceptors (Lipinski definition) is 4. The lowest BCUT2D eigenvalue weighted by Crippen LogP contribution is -2.38. The molecule has 0 unspecified atom stereocenters. The first-order valence-electron chi connectivity index (χ1n) is 8.20. The van der Waals surface area contributed by atoms with E-state index in [4.69, 9.17) is 4.74 Å². The zero-order valence-corrected chi connectivity index (χ0v) is 16.0. The molecule has 0 fully saturated rings. The summed E-state index contributed by atoms with van der Waals surface area (Å²) in [5, 5.41) is 2.50.